The van der Waals surface area contributed by atoms with Crippen LogP contribution in [0.2, 0.25) is 0 Å². The summed E-state index contributed by atoms with van der Waals surface area (Å²) in [4.78, 5) is 29.8. The third-order valence-electron chi connectivity index (χ3n) is 4.01. The maximum absolute atomic E-state index is 12.3. The Morgan fingerprint density at radius 2 is 1.89 bits per heavy atom. The quantitative estimate of drug-likeness (QED) is 0.710. The van der Waals surface area contributed by atoms with E-state index in [1.165, 1.54) is 16.8 Å². The molecule has 6 nitrogen and oxygen atoms in total. The van der Waals surface area contributed by atoms with Crippen molar-refractivity contribution in [1.29, 1.82) is 0 Å². The van der Waals surface area contributed by atoms with Gasteiger partial charge in [-0.05, 0) is 24.3 Å². The standard InChI is InChI=1S/C20H16N4O2S/c25-18(13-27-16-10-4-6-14-7-5-11-21-20(14)16)22-17-12-19(26)24(23-17)15-8-2-1-3-9-15/h1-11H,12-13H2,(H,22,23,25). The highest BCUT2D eigenvalue weighted by Crippen LogP contribution is 2.26. The highest BCUT2D eigenvalue weighted by atomic mass is 32.2. The molecule has 1 aliphatic heterocycles. The number of carbonyl (C=O) groups is 2. The largest absolute Gasteiger partial charge is 0.312 e. The number of benzene rings is 2. The molecule has 0 fully saturated rings. The van der Waals surface area contributed by atoms with E-state index in [1.807, 2.05) is 48.5 Å². The number of pyridine rings is 1. The summed E-state index contributed by atoms with van der Waals surface area (Å²) in [5, 5.41) is 9.32. The summed E-state index contributed by atoms with van der Waals surface area (Å²) in [5.74, 6) is 0.219. The Morgan fingerprint density at radius 1 is 1.07 bits per heavy atom. The van der Waals surface area contributed by atoms with Gasteiger partial charge in [0.15, 0.2) is 0 Å². The number of thioether (sulfide) groups is 1. The first-order chi connectivity index (χ1) is 13.2. The van der Waals surface area contributed by atoms with Crippen LogP contribution in [0.1, 0.15) is 6.42 Å². The zero-order valence-electron chi connectivity index (χ0n) is 14.3. The molecule has 0 aliphatic carbocycles. The van der Waals surface area contributed by atoms with E-state index in [-0.39, 0.29) is 24.0 Å². The minimum atomic E-state index is -0.200. The predicted octanol–water partition coefficient (Wildman–Crippen LogP) is 3.19. The number of hydrogen-bond donors (Lipinski definition) is 1. The van der Waals surface area contributed by atoms with Gasteiger partial charge in [0.05, 0.1) is 23.4 Å². The van der Waals surface area contributed by atoms with Gasteiger partial charge in [-0.1, -0.05) is 36.4 Å². The molecule has 0 radical (unpaired) electrons. The van der Waals surface area contributed by atoms with Crippen LogP contribution in [0.15, 0.2) is 76.9 Å². The van der Waals surface area contributed by atoms with Gasteiger partial charge in [-0.15, -0.1) is 11.8 Å². The fourth-order valence-electron chi connectivity index (χ4n) is 2.80. The number of nitrogens with zero attached hydrogens (tertiary/aromatic N) is 3. The van der Waals surface area contributed by atoms with E-state index in [2.05, 4.69) is 15.4 Å². The summed E-state index contributed by atoms with van der Waals surface area (Å²) in [6.45, 7) is 0. The highest BCUT2D eigenvalue weighted by molar-refractivity contribution is 8.00. The van der Waals surface area contributed by atoms with Crippen LogP contribution in [0, 0.1) is 0 Å². The average Bonchev–Trinajstić information content (AvgIpc) is 3.07. The van der Waals surface area contributed by atoms with Gasteiger partial charge in [0.25, 0.3) is 5.91 Å². The Bertz CT molecular complexity index is 1030. The molecule has 0 unspecified atom stereocenters. The Labute approximate surface area is 160 Å². The third kappa shape index (κ3) is 3.83. The van der Waals surface area contributed by atoms with Gasteiger partial charge < -0.3 is 5.32 Å². The number of rotatable bonds is 4. The number of para-hydroxylation sites is 2. The molecule has 7 heteroatoms. The number of carbonyl (C=O) groups excluding carboxylic acids is 2. The second-order valence-electron chi connectivity index (χ2n) is 5.93. The molecule has 27 heavy (non-hydrogen) atoms. The molecular weight excluding hydrogens is 360 g/mol. The van der Waals surface area contributed by atoms with E-state index >= 15 is 0 Å². The lowest BCUT2D eigenvalue weighted by molar-refractivity contribution is -0.117. The number of hydrogen-bond acceptors (Lipinski definition) is 5. The monoisotopic (exact) mass is 376 g/mol. The zero-order valence-corrected chi connectivity index (χ0v) is 15.1. The number of nitrogens with one attached hydrogen (secondary N) is 1. The molecule has 0 saturated carbocycles. The van der Waals surface area contributed by atoms with Crippen LogP contribution in [0.4, 0.5) is 5.69 Å². The van der Waals surface area contributed by atoms with E-state index < -0.39 is 0 Å². The molecule has 134 valence electrons. The summed E-state index contributed by atoms with van der Waals surface area (Å²) in [6, 6.07) is 18.9. The van der Waals surface area contributed by atoms with Crippen molar-refractivity contribution in [2.75, 3.05) is 10.8 Å². The first kappa shape index (κ1) is 17.2. The fourth-order valence-corrected chi connectivity index (χ4v) is 3.64. The lowest BCUT2D eigenvalue weighted by atomic mass is 10.2. The summed E-state index contributed by atoms with van der Waals surface area (Å²) < 4.78 is 0. The van der Waals surface area contributed by atoms with Gasteiger partial charge in [-0.25, -0.2) is 0 Å². The summed E-state index contributed by atoms with van der Waals surface area (Å²) in [5.41, 5.74) is 1.56. The summed E-state index contributed by atoms with van der Waals surface area (Å²) >= 11 is 1.41. The van der Waals surface area contributed by atoms with Crippen molar-refractivity contribution >= 4 is 46.0 Å². The van der Waals surface area contributed by atoms with Crippen molar-refractivity contribution in [2.45, 2.75) is 11.3 Å². The van der Waals surface area contributed by atoms with Crippen LogP contribution in [-0.2, 0) is 9.59 Å². The van der Waals surface area contributed by atoms with Crippen molar-refractivity contribution in [1.82, 2.24) is 10.3 Å². The second kappa shape index (κ2) is 7.59. The van der Waals surface area contributed by atoms with Crippen LogP contribution >= 0.6 is 11.8 Å². The molecule has 2 heterocycles. The Morgan fingerprint density at radius 3 is 2.74 bits per heavy atom. The van der Waals surface area contributed by atoms with Crippen molar-refractivity contribution in [3.05, 3.63) is 66.9 Å². The topological polar surface area (TPSA) is 74.7 Å². The van der Waals surface area contributed by atoms with E-state index in [0.29, 0.717) is 11.5 Å². The fraction of sp³-hybridized carbons (Fsp3) is 0.100. The zero-order chi connectivity index (χ0) is 18.6. The molecule has 1 aliphatic rings. The van der Waals surface area contributed by atoms with Gasteiger partial charge in [0.1, 0.15) is 5.84 Å². The molecule has 0 spiro atoms. The summed E-state index contributed by atoms with van der Waals surface area (Å²) in [6.07, 6.45) is 1.82. The highest BCUT2D eigenvalue weighted by Gasteiger charge is 2.26. The predicted molar refractivity (Wildman–Crippen MR) is 107 cm³/mol. The van der Waals surface area contributed by atoms with E-state index in [4.69, 9.17) is 0 Å². The molecule has 1 aromatic heterocycles. The first-order valence-electron chi connectivity index (χ1n) is 8.42. The van der Waals surface area contributed by atoms with Crippen molar-refractivity contribution in [3.8, 4) is 0 Å². The van der Waals surface area contributed by atoms with Crippen molar-refractivity contribution < 1.29 is 9.59 Å². The Hall–Kier alpha value is -3.19. The molecule has 0 bridgehead atoms. The van der Waals surface area contributed by atoms with Crippen LogP contribution in [0.5, 0.6) is 0 Å². The van der Waals surface area contributed by atoms with Gasteiger partial charge in [-0.3, -0.25) is 14.6 Å². The molecule has 3 aromatic rings. The Balaban J connectivity index is 1.40. The molecule has 0 saturated heterocycles. The number of hydrazone groups is 1. The van der Waals surface area contributed by atoms with E-state index in [0.717, 1.165) is 15.8 Å². The average molecular weight is 376 g/mol. The molecular formula is C20H16N4O2S. The van der Waals surface area contributed by atoms with Crippen LogP contribution < -0.4 is 10.3 Å². The maximum Gasteiger partial charge on any atom is 0.255 e. The van der Waals surface area contributed by atoms with Gasteiger partial charge in [0.2, 0.25) is 5.91 Å². The summed E-state index contributed by atoms with van der Waals surface area (Å²) in [7, 11) is 0. The Kier molecular flexibility index (Phi) is 4.84. The van der Waals surface area contributed by atoms with E-state index in [1.54, 1.807) is 18.3 Å². The number of amidine groups is 1. The smallest absolute Gasteiger partial charge is 0.255 e. The number of fused-ring (bicyclic) bond motifs is 1. The molecule has 2 aromatic carbocycles. The maximum atomic E-state index is 12.3. The lowest BCUT2D eigenvalue weighted by Crippen LogP contribution is -2.31. The van der Waals surface area contributed by atoms with Crippen LogP contribution in [-0.4, -0.2) is 28.4 Å². The van der Waals surface area contributed by atoms with E-state index in [9.17, 15) is 9.59 Å². The number of amides is 2. The third-order valence-corrected chi connectivity index (χ3v) is 5.06. The molecule has 1 N–H and O–H groups in total. The van der Waals surface area contributed by atoms with Crippen LogP contribution in [0.25, 0.3) is 10.9 Å². The number of anilines is 1. The SMILES string of the molecule is O=C(CSc1cccc2cccnc12)NC1=NN(c2ccccc2)C(=O)C1. The van der Waals surface area contributed by atoms with Gasteiger partial charge >= 0.3 is 0 Å². The van der Waals surface area contributed by atoms with Crippen LogP contribution in [0.3, 0.4) is 0 Å². The lowest BCUT2D eigenvalue weighted by Gasteiger charge is -2.10. The first-order valence-corrected chi connectivity index (χ1v) is 9.41. The molecule has 2 amide bonds. The minimum absolute atomic E-state index is 0.0844. The van der Waals surface area contributed by atoms with Gasteiger partial charge in [-0.2, -0.15) is 10.1 Å². The van der Waals surface area contributed by atoms with Gasteiger partial charge in [0, 0.05) is 16.5 Å². The number of aromatic nitrogens is 1. The second-order valence-corrected chi connectivity index (χ2v) is 6.95. The van der Waals surface area contributed by atoms with Crippen molar-refractivity contribution in [2.24, 2.45) is 5.10 Å². The molecule has 0 atom stereocenters. The van der Waals surface area contributed by atoms with Crippen molar-refractivity contribution in [3.63, 3.8) is 0 Å². The molecule has 4 rings (SSSR count). The normalized spacial score (nSPS) is 13.7. The minimum Gasteiger partial charge on any atom is -0.312 e.